The molecule has 0 saturated carbocycles. The summed E-state index contributed by atoms with van der Waals surface area (Å²) in [6, 6.07) is 13.1. The van der Waals surface area contributed by atoms with E-state index in [-0.39, 0.29) is 0 Å². The number of hydrogen-bond donors (Lipinski definition) is 3. The molecule has 0 aliphatic heterocycles. The van der Waals surface area contributed by atoms with Gasteiger partial charge in [0.15, 0.2) is 0 Å². The lowest BCUT2D eigenvalue weighted by atomic mass is 10.2. The SMILES string of the molecule is N#Cc1cc(Oc2ccc(NC(=O)O)cc2)ccc1N. The zero-order valence-electron chi connectivity index (χ0n) is 10.3. The van der Waals surface area contributed by atoms with Gasteiger partial charge < -0.3 is 15.6 Å². The summed E-state index contributed by atoms with van der Waals surface area (Å²) in [5, 5.41) is 19.7. The molecule has 0 aromatic heterocycles. The first-order chi connectivity index (χ1) is 9.58. The lowest BCUT2D eigenvalue weighted by molar-refractivity contribution is 0.209. The fourth-order valence-electron chi connectivity index (χ4n) is 1.56. The third kappa shape index (κ3) is 3.17. The molecule has 2 aromatic carbocycles. The van der Waals surface area contributed by atoms with Gasteiger partial charge in [0.1, 0.15) is 17.6 Å². The van der Waals surface area contributed by atoms with Crippen molar-refractivity contribution >= 4 is 17.5 Å². The van der Waals surface area contributed by atoms with Gasteiger partial charge in [-0.25, -0.2) is 4.79 Å². The Kier molecular flexibility index (Phi) is 3.72. The minimum Gasteiger partial charge on any atom is -0.465 e. The Morgan fingerprint density at radius 2 is 1.85 bits per heavy atom. The molecule has 0 fully saturated rings. The summed E-state index contributed by atoms with van der Waals surface area (Å²) in [7, 11) is 0. The summed E-state index contributed by atoms with van der Waals surface area (Å²) in [5.41, 5.74) is 6.79. The fourth-order valence-corrected chi connectivity index (χ4v) is 1.56. The van der Waals surface area contributed by atoms with Gasteiger partial charge in [-0.2, -0.15) is 5.26 Å². The van der Waals surface area contributed by atoms with Crippen molar-refractivity contribution in [3.05, 3.63) is 48.0 Å². The highest BCUT2D eigenvalue weighted by atomic mass is 16.5. The number of nitrogens with zero attached hydrogens (tertiary/aromatic N) is 1. The van der Waals surface area contributed by atoms with E-state index < -0.39 is 6.09 Å². The molecule has 0 bridgehead atoms. The standard InChI is InChI=1S/C14H11N3O3/c15-8-9-7-12(5-6-13(9)16)20-11-3-1-10(2-4-11)17-14(18)19/h1-7,17H,16H2,(H,18,19). The van der Waals surface area contributed by atoms with E-state index in [0.29, 0.717) is 28.4 Å². The van der Waals surface area contributed by atoms with Crippen LogP contribution in [0.5, 0.6) is 11.5 Å². The number of carboxylic acid groups (broad SMARTS) is 1. The number of nitrogens with two attached hydrogens (primary N) is 1. The van der Waals surface area contributed by atoms with Crippen LogP contribution in [-0.2, 0) is 0 Å². The second kappa shape index (κ2) is 5.63. The molecule has 6 nitrogen and oxygen atoms in total. The molecule has 2 aromatic rings. The molecule has 0 aliphatic carbocycles. The van der Waals surface area contributed by atoms with E-state index in [1.165, 1.54) is 0 Å². The lowest BCUT2D eigenvalue weighted by Crippen LogP contribution is -2.06. The Bertz CT molecular complexity index is 675. The van der Waals surface area contributed by atoms with Gasteiger partial charge in [-0.3, -0.25) is 5.32 Å². The molecular formula is C14H11N3O3. The van der Waals surface area contributed by atoms with Crippen LogP contribution in [-0.4, -0.2) is 11.2 Å². The maximum atomic E-state index is 10.5. The van der Waals surface area contributed by atoms with Crippen molar-refractivity contribution in [2.75, 3.05) is 11.1 Å². The molecule has 0 unspecified atom stereocenters. The van der Waals surface area contributed by atoms with Crippen LogP contribution in [0.3, 0.4) is 0 Å². The van der Waals surface area contributed by atoms with Crippen molar-refractivity contribution in [3.63, 3.8) is 0 Å². The third-order valence-electron chi connectivity index (χ3n) is 2.49. The van der Waals surface area contributed by atoms with Gasteiger partial charge in [-0.05, 0) is 36.4 Å². The molecular weight excluding hydrogens is 258 g/mol. The molecule has 100 valence electrons. The Morgan fingerprint density at radius 1 is 1.20 bits per heavy atom. The van der Waals surface area contributed by atoms with Gasteiger partial charge in [0.2, 0.25) is 0 Å². The number of nitrogen functional groups attached to an aromatic ring is 1. The first kappa shape index (κ1) is 13.2. The highest BCUT2D eigenvalue weighted by molar-refractivity contribution is 5.82. The summed E-state index contributed by atoms with van der Waals surface area (Å²) in [5.74, 6) is 1.00. The summed E-state index contributed by atoms with van der Waals surface area (Å²) in [6.07, 6.45) is -1.13. The van der Waals surface area contributed by atoms with Crippen LogP contribution >= 0.6 is 0 Å². The topological polar surface area (TPSA) is 108 Å². The van der Waals surface area contributed by atoms with Gasteiger partial charge in [-0.15, -0.1) is 0 Å². The van der Waals surface area contributed by atoms with Crippen molar-refractivity contribution in [3.8, 4) is 17.6 Å². The van der Waals surface area contributed by atoms with E-state index in [2.05, 4.69) is 5.32 Å². The van der Waals surface area contributed by atoms with Gasteiger partial charge >= 0.3 is 6.09 Å². The van der Waals surface area contributed by atoms with Crippen LogP contribution in [0.15, 0.2) is 42.5 Å². The van der Waals surface area contributed by atoms with E-state index in [9.17, 15) is 4.79 Å². The normalized spacial score (nSPS) is 9.55. The van der Waals surface area contributed by atoms with E-state index in [1.807, 2.05) is 6.07 Å². The molecule has 1 amide bonds. The van der Waals surface area contributed by atoms with Crippen LogP contribution < -0.4 is 15.8 Å². The van der Waals surface area contributed by atoms with Crippen LogP contribution in [0.4, 0.5) is 16.2 Å². The minimum atomic E-state index is -1.13. The zero-order chi connectivity index (χ0) is 14.5. The number of ether oxygens (including phenoxy) is 1. The van der Waals surface area contributed by atoms with E-state index in [0.717, 1.165) is 0 Å². The van der Waals surface area contributed by atoms with Crippen LogP contribution in [0.1, 0.15) is 5.56 Å². The number of carbonyl (C=O) groups is 1. The number of benzene rings is 2. The first-order valence-corrected chi connectivity index (χ1v) is 5.66. The van der Waals surface area contributed by atoms with Crippen LogP contribution in [0.2, 0.25) is 0 Å². The average molecular weight is 269 g/mol. The predicted molar refractivity (Wildman–Crippen MR) is 73.7 cm³/mol. The molecule has 0 spiro atoms. The molecule has 6 heteroatoms. The van der Waals surface area contributed by atoms with Gasteiger partial charge in [0.25, 0.3) is 0 Å². The predicted octanol–water partition coefficient (Wildman–Crippen LogP) is 3.02. The van der Waals surface area contributed by atoms with Crippen LogP contribution in [0, 0.1) is 11.3 Å². The number of hydrogen-bond acceptors (Lipinski definition) is 4. The number of rotatable bonds is 3. The first-order valence-electron chi connectivity index (χ1n) is 5.66. The Hall–Kier alpha value is -3.20. The number of nitriles is 1. The second-order valence-electron chi connectivity index (χ2n) is 3.92. The van der Waals surface area contributed by atoms with Crippen molar-refractivity contribution in [2.45, 2.75) is 0 Å². The number of nitrogens with one attached hydrogen (secondary N) is 1. The molecule has 0 saturated heterocycles. The second-order valence-corrected chi connectivity index (χ2v) is 3.92. The van der Waals surface area contributed by atoms with Gasteiger partial charge in [0, 0.05) is 17.4 Å². The van der Waals surface area contributed by atoms with Crippen LogP contribution in [0.25, 0.3) is 0 Å². The smallest absolute Gasteiger partial charge is 0.409 e. The minimum absolute atomic E-state index is 0.340. The molecule has 20 heavy (non-hydrogen) atoms. The Balaban J connectivity index is 2.14. The summed E-state index contributed by atoms with van der Waals surface area (Å²) < 4.78 is 5.55. The molecule has 0 aliphatic rings. The molecule has 0 atom stereocenters. The molecule has 0 radical (unpaired) electrons. The largest absolute Gasteiger partial charge is 0.465 e. The van der Waals surface area contributed by atoms with Crippen molar-refractivity contribution in [2.24, 2.45) is 0 Å². The molecule has 4 N–H and O–H groups in total. The third-order valence-corrected chi connectivity index (χ3v) is 2.49. The fraction of sp³-hybridized carbons (Fsp3) is 0. The van der Waals surface area contributed by atoms with Gasteiger partial charge in [0.05, 0.1) is 5.56 Å². The number of anilines is 2. The summed E-state index contributed by atoms with van der Waals surface area (Å²) >= 11 is 0. The Morgan fingerprint density at radius 3 is 2.45 bits per heavy atom. The maximum absolute atomic E-state index is 10.5. The maximum Gasteiger partial charge on any atom is 0.409 e. The van der Waals surface area contributed by atoms with E-state index >= 15 is 0 Å². The lowest BCUT2D eigenvalue weighted by Gasteiger charge is -2.08. The monoisotopic (exact) mass is 269 g/mol. The summed E-state index contributed by atoms with van der Waals surface area (Å²) in [6.45, 7) is 0. The van der Waals surface area contributed by atoms with Crippen molar-refractivity contribution in [1.29, 1.82) is 5.26 Å². The van der Waals surface area contributed by atoms with Crippen molar-refractivity contribution in [1.82, 2.24) is 0 Å². The van der Waals surface area contributed by atoms with Gasteiger partial charge in [-0.1, -0.05) is 0 Å². The van der Waals surface area contributed by atoms with Crippen molar-refractivity contribution < 1.29 is 14.6 Å². The van der Waals surface area contributed by atoms with E-state index in [4.69, 9.17) is 20.8 Å². The average Bonchev–Trinajstić information content (AvgIpc) is 2.42. The molecule has 2 rings (SSSR count). The molecule has 0 heterocycles. The Labute approximate surface area is 115 Å². The zero-order valence-corrected chi connectivity index (χ0v) is 10.3. The quantitative estimate of drug-likeness (QED) is 0.742. The number of amides is 1. The highest BCUT2D eigenvalue weighted by Crippen LogP contribution is 2.25. The highest BCUT2D eigenvalue weighted by Gasteiger charge is 2.03. The summed E-state index contributed by atoms with van der Waals surface area (Å²) in [4.78, 5) is 10.5. The van der Waals surface area contributed by atoms with E-state index in [1.54, 1.807) is 42.5 Å².